The summed E-state index contributed by atoms with van der Waals surface area (Å²) in [4.78, 5) is 0. The lowest BCUT2D eigenvalue weighted by Crippen LogP contribution is -1.80. The summed E-state index contributed by atoms with van der Waals surface area (Å²) in [5, 5.41) is 0. The predicted molar refractivity (Wildman–Crippen MR) is 69.5 cm³/mol. The fraction of sp³-hybridized carbons (Fsp3) is 0. The van der Waals surface area contributed by atoms with Gasteiger partial charge in [0.2, 0.25) is 0 Å². The quantitative estimate of drug-likeness (QED) is 0.636. The summed E-state index contributed by atoms with van der Waals surface area (Å²) in [7, 11) is 0. The molecule has 0 N–H and O–H groups in total. The average molecular weight is 256 g/mol. The number of hydrogen-bond donors (Lipinski definition) is 0. The van der Waals surface area contributed by atoms with Gasteiger partial charge in [-0.05, 0) is 48.5 Å². The second-order valence-electron chi connectivity index (χ2n) is 4.15. The highest BCUT2D eigenvalue weighted by atomic mass is 19.1. The monoisotopic (exact) mass is 256 g/mol. The third kappa shape index (κ3) is 2.27. The fourth-order valence-electron chi connectivity index (χ4n) is 1.91. The van der Waals surface area contributed by atoms with Crippen molar-refractivity contribution in [2.24, 2.45) is 0 Å². The minimum absolute atomic E-state index is 0.301. The van der Waals surface area contributed by atoms with E-state index in [-0.39, 0.29) is 11.6 Å². The molecule has 0 bridgehead atoms. The van der Waals surface area contributed by atoms with Crippen LogP contribution in [0.5, 0.6) is 0 Å². The molecule has 19 heavy (non-hydrogen) atoms. The van der Waals surface area contributed by atoms with E-state index in [1.165, 1.54) is 18.2 Å². The highest BCUT2D eigenvalue weighted by Gasteiger charge is 2.10. The summed E-state index contributed by atoms with van der Waals surface area (Å²) in [5.74, 6) is 0.405. The van der Waals surface area contributed by atoms with Crippen LogP contribution < -0.4 is 0 Å². The first-order chi connectivity index (χ1) is 9.24. The first kappa shape index (κ1) is 11.7. The summed E-state index contributed by atoms with van der Waals surface area (Å²) in [6.45, 7) is 0. The van der Waals surface area contributed by atoms with E-state index < -0.39 is 0 Å². The predicted octanol–water partition coefficient (Wildman–Crippen LogP) is 4.89. The molecule has 3 heteroatoms. The molecule has 0 fully saturated rings. The SMILES string of the molecule is Fc1ccc(-c2ccc(-c3ccccc3F)o2)cc1. The van der Waals surface area contributed by atoms with Crippen LogP contribution in [0.25, 0.3) is 22.6 Å². The van der Waals surface area contributed by atoms with Crippen LogP contribution in [-0.2, 0) is 0 Å². The van der Waals surface area contributed by atoms with Crippen molar-refractivity contribution in [2.75, 3.05) is 0 Å². The molecule has 0 aliphatic heterocycles. The van der Waals surface area contributed by atoms with Gasteiger partial charge in [0.05, 0.1) is 5.56 Å². The van der Waals surface area contributed by atoms with Gasteiger partial charge in [-0.2, -0.15) is 0 Å². The van der Waals surface area contributed by atoms with E-state index >= 15 is 0 Å². The fourth-order valence-corrected chi connectivity index (χ4v) is 1.91. The topological polar surface area (TPSA) is 13.1 Å². The van der Waals surface area contributed by atoms with Gasteiger partial charge < -0.3 is 4.42 Å². The maximum atomic E-state index is 13.6. The van der Waals surface area contributed by atoms with E-state index in [2.05, 4.69) is 0 Å². The van der Waals surface area contributed by atoms with Crippen LogP contribution in [0.3, 0.4) is 0 Å². The molecule has 0 atom stereocenters. The molecule has 3 aromatic rings. The summed E-state index contributed by atoms with van der Waals surface area (Å²) < 4.78 is 32.1. The van der Waals surface area contributed by atoms with Gasteiger partial charge in [-0.1, -0.05) is 12.1 Å². The Labute approximate surface area is 109 Å². The van der Waals surface area contributed by atoms with Crippen molar-refractivity contribution in [3.63, 3.8) is 0 Å². The van der Waals surface area contributed by atoms with Crippen molar-refractivity contribution in [1.29, 1.82) is 0 Å². The van der Waals surface area contributed by atoms with Gasteiger partial charge in [0.15, 0.2) is 0 Å². The summed E-state index contributed by atoms with van der Waals surface area (Å²) in [6, 6.07) is 15.8. The van der Waals surface area contributed by atoms with Gasteiger partial charge in [-0.25, -0.2) is 8.78 Å². The van der Waals surface area contributed by atoms with Crippen LogP contribution in [0.15, 0.2) is 65.1 Å². The third-order valence-corrected chi connectivity index (χ3v) is 2.87. The molecule has 0 radical (unpaired) electrons. The molecular weight excluding hydrogens is 246 g/mol. The Kier molecular flexibility index (Phi) is 2.88. The Bertz CT molecular complexity index is 699. The van der Waals surface area contributed by atoms with Gasteiger partial charge in [-0.15, -0.1) is 0 Å². The summed E-state index contributed by atoms with van der Waals surface area (Å²) in [5.41, 5.74) is 1.17. The molecule has 0 aliphatic carbocycles. The molecule has 3 rings (SSSR count). The molecule has 94 valence electrons. The molecule has 1 heterocycles. The van der Waals surface area contributed by atoms with E-state index in [1.54, 1.807) is 42.5 Å². The summed E-state index contributed by atoms with van der Waals surface area (Å²) >= 11 is 0. The zero-order valence-electron chi connectivity index (χ0n) is 9.94. The normalized spacial score (nSPS) is 10.6. The van der Waals surface area contributed by atoms with Crippen molar-refractivity contribution in [2.45, 2.75) is 0 Å². The van der Waals surface area contributed by atoms with Crippen LogP contribution in [-0.4, -0.2) is 0 Å². The first-order valence-electron chi connectivity index (χ1n) is 5.85. The molecular formula is C16H10F2O. The van der Waals surface area contributed by atoms with Gasteiger partial charge >= 0.3 is 0 Å². The van der Waals surface area contributed by atoms with E-state index in [0.29, 0.717) is 17.1 Å². The van der Waals surface area contributed by atoms with Crippen LogP contribution in [0.2, 0.25) is 0 Å². The minimum Gasteiger partial charge on any atom is -0.456 e. The van der Waals surface area contributed by atoms with E-state index in [0.717, 1.165) is 5.56 Å². The second-order valence-corrected chi connectivity index (χ2v) is 4.15. The van der Waals surface area contributed by atoms with Crippen LogP contribution in [0, 0.1) is 11.6 Å². The molecule has 0 spiro atoms. The zero-order valence-corrected chi connectivity index (χ0v) is 9.94. The largest absolute Gasteiger partial charge is 0.456 e. The van der Waals surface area contributed by atoms with Crippen molar-refractivity contribution in [1.82, 2.24) is 0 Å². The third-order valence-electron chi connectivity index (χ3n) is 2.87. The number of furan rings is 1. The first-order valence-corrected chi connectivity index (χ1v) is 5.85. The molecule has 2 aromatic carbocycles. The lowest BCUT2D eigenvalue weighted by atomic mass is 10.1. The van der Waals surface area contributed by atoms with E-state index in [1.807, 2.05) is 0 Å². The molecule has 0 aliphatic rings. The Balaban J connectivity index is 2.00. The standard InChI is InChI=1S/C16H10F2O/c17-12-7-5-11(6-8-12)15-9-10-16(19-15)13-3-1-2-4-14(13)18/h1-10H. The lowest BCUT2D eigenvalue weighted by molar-refractivity contribution is 0.580. The van der Waals surface area contributed by atoms with Gasteiger partial charge in [0.25, 0.3) is 0 Å². The number of hydrogen-bond acceptors (Lipinski definition) is 1. The Morgan fingerprint density at radius 2 is 1.37 bits per heavy atom. The highest BCUT2D eigenvalue weighted by Crippen LogP contribution is 2.29. The molecule has 1 nitrogen and oxygen atoms in total. The average Bonchev–Trinajstić information content (AvgIpc) is 2.89. The Hall–Kier alpha value is -2.42. The van der Waals surface area contributed by atoms with Crippen molar-refractivity contribution >= 4 is 0 Å². The Morgan fingerprint density at radius 3 is 2.11 bits per heavy atom. The minimum atomic E-state index is -0.331. The maximum absolute atomic E-state index is 13.6. The number of halogens is 2. The number of benzene rings is 2. The van der Waals surface area contributed by atoms with E-state index in [4.69, 9.17) is 4.42 Å². The molecule has 0 saturated carbocycles. The molecule has 0 saturated heterocycles. The van der Waals surface area contributed by atoms with Gasteiger partial charge in [0, 0.05) is 5.56 Å². The molecule has 0 amide bonds. The second kappa shape index (κ2) is 4.69. The molecule has 0 unspecified atom stereocenters. The maximum Gasteiger partial charge on any atom is 0.137 e. The zero-order chi connectivity index (χ0) is 13.2. The van der Waals surface area contributed by atoms with Crippen LogP contribution in [0.1, 0.15) is 0 Å². The van der Waals surface area contributed by atoms with Crippen LogP contribution in [0.4, 0.5) is 8.78 Å². The number of rotatable bonds is 2. The van der Waals surface area contributed by atoms with Gasteiger partial charge in [-0.3, -0.25) is 0 Å². The van der Waals surface area contributed by atoms with E-state index in [9.17, 15) is 8.78 Å². The molecule has 1 aromatic heterocycles. The lowest BCUT2D eigenvalue weighted by Gasteiger charge is -1.99. The van der Waals surface area contributed by atoms with Crippen LogP contribution >= 0.6 is 0 Å². The summed E-state index contributed by atoms with van der Waals surface area (Å²) in [6.07, 6.45) is 0. The van der Waals surface area contributed by atoms with Gasteiger partial charge in [0.1, 0.15) is 23.2 Å². The Morgan fingerprint density at radius 1 is 0.684 bits per heavy atom. The van der Waals surface area contributed by atoms with Crippen molar-refractivity contribution in [3.05, 3.63) is 72.3 Å². The van der Waals surface area contributed by atoms with Crippen molar-refractivity contribution in [3.8, 4) is 22.6 Å². The van der Waals surface area contributed by atoms with Crippen molar-refractivity contribution < 1.29 is 13.2 Å². The highest BCUT2D eigenvalue weighted by molar-refractivity contribution is 5.65. The smallest absolute Gasteiger partial charge is 0.137 e.